The number of benzene rings is 2. The van der Waals surface area contributed by atoms with Gasteiger partial charge in [0.15, 0.2) is 0 Å². The first-order valence-electron chi connectivity index (χ1n) is 6.11. The number of amides is 1. The molecule has 0 fully saturated rings. The summed E-state index contributed by atoms with van der Waals surface area (Å²) in [6, 6.07) is 16.2. The minimum absolute atomic E-state index is 0.0632. The summed E-state index contributed by atoms with van der Waals surface area (Å²) in [6.45, 7) is -0.138. The fourth-order valence-corrected chi connectivity index (χ4v) is 2.48. The number of nitrogens with two attached hydrogens (primary N) is 1. The monoisotopic (exact) mass is 254 g/mol. The van der Waals surface area contributed by atoms with E-state index >= 15 is 0 Å². The van der Waals surface area contributed by atoms with E-state index in [1.165, 1.54) is 11.1 Å². The van der Waals surface area contributed by atoms with Crippen LogP contribution < -0.4 is 11.2 Å². The Morgan fingerprint density at radius 2 is 1.58 bits per heavy atom. The van der Waals surface area contributed by atoms with Crippen LogP contribution in [0.5, 0.6) is 0 Å². The fraction of sp³-hybridized carbons (Fsp3) is 0.133. The van der Waals surface area contributed by atoms with Crippen LogP contribution in [0.4, 0.5) is 0 Å². The van der Waals surface area contributed by atoms with E-state index in [2.05, 4.69) is 29.7 Å². The summed E-state index contributed by atoms with van der Waals surface area (Å²) in [4.78, 5) is 15.9. The van der Waals surface area contributed by atoms with Gasteiger partial charge in [-0.3, -0.25) is 9.63 Å². The zero-order chi connectivity index (χ0) is 13.2. The Morgan fingerprint density at radius 1 is 1.05 bits per heavy atom. The molecule has 4 heteroatoms. The highest BCUT2D eigenvalue weighted by molar-refractivity contribution is 5.78. The predicted octanol–water partition coefficient (Wildman–Crippen LogP) is 1.76. The second-order valence-electron chi connectivity index (χ2n) is 4.48. The topological polar surface area (TPSA) is 64.4 Å². The smallest absolute Gasteiger partial charge is 0.245 e. The van der Waals surface area contributed by atoms with Crippen molar-refractivity contribution in [3.8, 4) is 11.1 Å². The maximum Gasteiger partial charge on any atom is 0.245 e. The number of fused-ring (bicyclic) bond motifs is 3. The van der Waals surface area contributed by atoms with Gasteiger partial charge in [0.2, 0.25) is 5.91 Å². The maximum absolute atomic E-state index is 10.7. The second kappa shape index (κ2) is 4.84. The third-order valence-electron chi connectivity index (χ3n) is 3.25. The summed E-state index contributed by atoms with van der Waals surface area (Å²) in [5.41, 5.74) is 12.7. The van der Waals surface area contributed by atoms with Gasteiger partial charge in [0.05, 0.1) is 6.04 Å². The van der Waals surface area contributed by atoms with Gasteiger partial charge in [0, 0.05) is 0 Å². The van der Waals surface area contributed by atoms with Crippen LogP contribution in [0.2, 0.25) is 0 Å². The largest absolute Gasteiger partial charge is 0.368 e. The van der Waals surface area contributed by atoms with Crippen LogP contribution in [0, 0.1) is 0 Å². The van der Waals surface area contributed by atoms with Crippen LogP contribution in [-0.2, 0) is 9.63 Å². The molecule has 0 bridgehead atoms. The molecular formula is C15H14N2O2. The van der Waals surface area contributed by atoms with E-state index in [1.807, 2.05) is 24.3 Å². The van der Waals surface area contributed by atoms with Crippen LogP contribution in [0.1, 0.15) is 17.2 Å². The van der Waals surface area contributed by atoms with Crippen molar-refractivity contribution in [2.75, 3.05) is 6.61 Å². The molecule has 0 saturated carbocycles. The molecule has 0 unspecified atom stereocenters. The van der Waals surface area contributed by atoms with Crippen molar-refractivity contribution < 1.29 is 9.63 Å². The Bertz CT molecular complexity index is 580. The van der Waals surface area contributed by atoms with E-state index < -0.39 is 5.91 Å². The van der Waals surface area contributed by atoms with E-state index in [0.29, 0.717) is 0 Å². The Kier molecular flexibility index (Phi) is 3.03. The van der Waals surface area contributed by atoms with E-state index in [0.717, 1.165) is 11.1 Å². The predicted molar refractivity (Wildman–Crippen MR) is 72.0 cm³/mol. The molecule has 0 saturated heterocycles. The summed E-state index contributed by atoms with van der Waals surface area (Å²) >= 11 is 0. The Balaban J connectivity index is 1.93. The number of carbonyl (C=O) groups excluding carboxylic acids is 1. The van der Waals surface area contributed by atoms with Crippen molar-refractivity contribution in [3.63, 3.8) is 0 Å². The summed E-state index contributed by atoms with van der Waals surface area (Å²) in [6.07, 6.45) is 0. The highest BCUT2D eigenvalue weighted by Crippen LogP contribution is 2.42. The number of primary amides is 1. The lowest BCUT2D eigenvalue weighted by Gasteiger charge is -2.14. The number of hydrogen-bond donors (Lipinski definition) is 2. The molecule has 0 heterocycles. The minimum atomic E-state index is -0.493. The summed E-state index contributed by atoms with van der Waals surface area (Å²) in [7, 11) is 0. The van der Waals surface area contributed by atoms with Gasteiger partial charge in [-0.1, -0.05) is 48.5 Å². The summed E-state index contributed by atoms with van der Waals surface area (Å²) in [5, 5.41) is 0. The van der Waals surface area contributed by atoms with Gasteiger partial charge in [0.1, 0.15) is 6.61 Å². The molecule has 1 aliphatic carbocycles. The van der Waals surface area contributed by atoms with Crippen molar-refractivity contribution in [2.45, 2.75) is 6.04 Å². The number of nitrogens with one attached hydrogen (secondary N) is 1. The Hall–Kier alpha value is -2.17. The van der Waals surface area contributed by atoms with Crippen LogP contribution in [0.15, 0.2) is 48.5 Å². The van der Waals surface area contributed by atoms with E-state index in [1.54, 1.807) is 0 Å². The normalized spacial score (nSPS) is 13.1. The highest BCUT2D eigenvalue weighted by atomic mass is 16.6. The third kappa shape index (κ3) is 2.12. The molecule has 4 nitrogen and oxygen atoms in total. The van der Waals surface area contributed by atoms with Gasteiger partial charge in [-0.05, 0) is 22.3 Å². The third-order valence-corrected chi connectivity index (χ3v) is 3.25. The summed E-state index contributed by atoms with van der Waals surface area (Å²) in [5.74, 6) is -0.493. The molecule has 0 aromatic heterocycles. The first-order chi connectivity index (χ1) is 9.27. The number of hydroxylamine groups is 1. The number of rotatable bonds is 4. The quantitative estimate of drug-likeness (QED) is 0.817. The summed E-state index contributed by atoms with van der Waals surface area (Å²) < 4.78 is 0. The molecule has 0 aliphatic heterocycles. The molecule has 96 valence electrons. The van der Waals surface area contributed by atoms with Crippen molar-refractivity contribution in [3.05, 3.63) is 59.7 Å². The fourth-order valence-electron chi connectivity index (χ4n) is 2.48. The van der Waals surface area contributed by atoms with Crippen molar-refractivity contribution in [1.29, 1.82) is 0 Å². The molecule has 19 heavy (non-hydrogen) atoms. The van der Waals surface area contributed by atoms with Crippen molar-refractivity contribution in [2.24, 2.45) is 5.73 Å². The molecule has 0 atom stereocenters. The van der Waals surface area contributed by atoms with E-state index in [9.17, 15) is 4.79 Å². The Morgan fingerprint density at radius 3 is 2.11 bits per heavy atom. The van der Waals surface area contributed by atoms with E-state index in [-0.39, 0.29) is 12.6 Å². The van der Waals surface area contributed by atoms with Crippen LogP contribution in [-0.4, -0.2) is 12.5 Å². The van der Waals surface area contributed by atoms with E-state index in [4.69, 9.17) is 10.6 Å². The zero-order valence-electron chi connectivity index (χ0n) is 10.3. The van der Waals surface area contributed by atoms with Gasteiger partial charge in [-0.2, -0.15) is 5.48 Å². The molecule has 3 N–H and O–H groups in total. The van der Waals surface area contributed by atoms with Crippen LogP contribution in [0.3, 0.4) is 0 Å². The number of carbonyl (C=O) groups is 1. The molecule has 1 aliphatic rings. The average Bonchev–Trinajstić information content (AvgIpc) is 2.74. The molecule has 3 rings (SSSR count). The lowest BCUT2D eigenvalue weighted by Crippen LogP contribution is -2.27. The lowest BCUT2D eigenvalue weighted by molar-refractivity contribution is -0.125. The zero-order valence-corrected chi connectivity index (χ0v) is 10.3. The van der Waals surface area contributed by atoms with Crippen LogP contribution >= 0.6 is 0 Å². The van der Waals surface area contributed by atoms with Gasteiger partial charge >= 0.3 is 0 Å². The van der Waals surface area contributed by atoms with Crippen molar-refractivity contribution >= 4 is 5.91 Å². The average molecular weight is 254 g/mol. The maximum atomic E-state index is 10.7. The molecule has 2 aromatic rings. The molecule has 0 radical (unpaired) electrons. The Labute approximate surface area is 111 Å². The van der Waals surface area contributed by atoms with Gasteiger partial charge in [-0.25, -0.2) is 0 Å². The second-order valence-corrected chi connectivity index (χ2v) is 4.48. The minimum Gasteiger partial charge on any atom is -0.368 e. The molecular weight excluding hydrogens is 240 g/mol. The molecule has 2 aromatic carbocycles. The van der Waals surface area contributed by atoms with Gasteiger partial charge in [0.25, 0.3) is 0 Å². The van der Waals surface area contributed by atoms with Crippen LogP contribution in [0.25, 0.3) is 11.1 Å². The number of hydrogen-bond acceptors (Lipinski definition) is 3. The van der Waals surface area contributed by atoms with Gasteiger partial charge < -0.3 is 5.73 Å². The lowest BCUT2D eigenvalue weighted by atomic mass is 10.1. The van der Waals surface area contributed by atoms with Gasteiger partial charge in [-0.15, -0.1) is 0 Å². The first-order valence-corrected chi connectivity index (χ1v) is 6.11. The molecule has 1 amide bonds. The van der Waals surface area contributed by atoms with Crippen molar-refractivity contribution in [1.82, 2.24) is 5.48 Å². The standard InChI is InChI=1S/C15H14N2O2/c16-14(18)9-19-17-15-12-7-3-1-5-10(12)11-6-2-4-8-13(11)15/h1-8,15,17H,9H2,(H2,16,18). The highest BCUT2D eigenvalue weighted by Gasteiger charge is 2.27. The SMILES string of the molecule is NC(=O)CONC1c2ccccc2-c2ccccc21. The molecule has 0 spiro atoms. The first kappa shape index (κ1) is 11.9.